The van der Waals surface area contributed by atoms with Crippen molar-refractivity contribution in [2.24, 2.45) is 0 Å². The molecule has 0 aromatic heterocycles. The second kappa shape index (κ2) is 2.59. The Morgan fingerprint density at radius 3 is 0.833 bits per heavy atom. The second-order valence-electron chi connectivity index (χ2n) is 0.354. The average Bonchev–Trinajstić information content (AvgIpc) is 0.722. The molecule has 36 valence electrons. The molecule has 4 nitrogen and oxygen atoms in total. The van der Waals surface area contributed by atoms with E-state index in [-0.39, 0.29) is 19.5 Å². The Labute approximate surface area is 48.5 Å². The van der Waals surface area contributed by atoms with Crippen molar-refractivity contribution in [3.63, 3.8) is 0 Å². The molecule has 0 aliphatic rings. The molecule has 0 aromatic rings. The minimum atomic E-state index is -5.86. The van der Waals surface area contributed by atoms with Gasteiger partial charge in [-0.25, -0.2) is 0 Å². The molecule has 0 saturated heterocycles. The maximum absolute atomic E-state index is 8.61. The first-order valence-corrected chi connectivity index (χ1v) is 3.42. The maximum Gasteiger partial charge on any atom is 4.00 e. The Morgan fingerprint density at radius 2 is 0.833 bits per heavy atom. The van der Waals surface area contributed by atoms with Gasteiger partial charge in [-0.2, -0.15) is 0 Å². The predicted octanol–water partition coefficient (Wildman–Crippen LogP) is -0.480. The molecule has 0 aliphatic carbocycles. The smallest absolute Gasteiger partial charge is 4.00 e. The standard InChI is InChI=1S/4O.2Ru/q;;;;;+4. The van der Waals surface area contributed by atoms with E-state index in [4.69, 9.17) is 14.3 Å². The van der Waals surface area contributed by atoms with Crippen LogP contribution in [0.5, 0.6) is 0 Å². The molecule has 0 atom stereocenters. The zero-order chi connectivity index (χ0) is 4.50. The van der Waals surface area contributed by atoms with Crippen molar-refractivity contribution in [1.29, 1.82) is 0 Å². The van der Waals surface area contributed by atoms with E-state index in [1.807, 2.05) is 0 Å². The van der Waals surface area contributed by atoms with E-state index in [1.165, 1.54) is 0 Å². The van der Waals surface area contributed by atoms with Gasteiger partial charge in [-0.3, -0.25) is 0 Å². The van der Waals surface area contributed by atoms with Gasteiger partial charge in [0.2, 0.25) is 0 Å². The van der Waals surface area contributed by atoms with Gasteiger partial charge in [0.25, 0.3) is 0 Å². The molecule has 0 aliphatic heterocycles. The average molecular weight is 266 g/mol. The molecule has 0 rings (SSSR count). The Kier molecular flexibility index (Phi) is 4.18. The summed E-state index contributed by atoms with van der Waals surface area (Å²) in [4.78, 5) is 0. The number of hydrogen-bond donors (Lipinski definition) is 0. The summed E-state index contributed by atoms with van der Waals surface area (Å²) in [7, 11) is 0. The van der Waals surface area contributed by atoms with Crippen LogP contribution in [0.3, 0.4) is 0 Å². The molecular formula is O4Ru2+4. The maximum atomic E-state index is 8.61. The van der Waals surface area contributed by atoms with Gasteiger partial charge in [-0.05, 0) is 0 Å². The number of rotatable bonds is 0. The van der Waals surface area contributed by atoms with Crippen LogP contribution >= 0.6 is 0 Å². The predicted molar refractivity (Wildman–Crippen MR) is 2.75 cm³/mol. The van der Waals surface area contributed by atoms with E-state index >= 15 is 0 Å². The van der Waals surface area contributed by atoms with E-state index in [9.17, 15) is 0 Å². The SMILES string of the molecule is [O]=[Ru](=[O])(=[O])=[O].[Ru+4]. The molecule has 0 radical (unpaired) electrons. The van der Waals surface area contributed by atoms with Gasteiger partial charge in [0.05, 0.1) is 0 Å². The first kappa shape index (κ1) is 9.67. The third kappa shape index (κ3) is 265. The molecule has 0 aromatic carbocycles. The van der Waals surface area contributed by atoms with Crippen LogP contribution in [0.1, 0.15) is 0 Å². The zero-order valence-corrected chi connectivity index (χ0v) is 5.82. The van der Waals surface area contributed by atoms with E-state index in [2.05, 4.69) is 0 Å². The van der Waals surface area contributed by atoms with Crippen LogP contribution in [0.4, 0.5) is 0 Å². The van der Waals surface area contributed by atoms with Crippen LogP contribution in [-0.2, 0) is 48.4 Å². The largest absolute Gasteiger partial charge is 4.00 e. The van der Waals surface area contributed by atoms with E-state index in [0.29, 0.717) is 0 Å². The van der Waals surface area contributed by atoms with Gasteiger partial charge >= 0.3 is 48.4 Å². The van der Waals surface area contributed by atoms with Crippen LogP contribution in [0, 0.1) is 0 Å². The Bertz CT molecular complexity index is 157. The molecule has 0 spiro atoms. The van der Waals surface area contributed by atoms with Crippen LogP contribution in [0.2, 0.25) is 0 Å². The molecular weight excluding hydrogens is 266 g/mol. The molecule has 6 heavy (non-hydrogen) atoms. The van der Waals surface area contributed by atoms with Crippen molar-refractivity contribution in [2.45, 2.75) is 0 Å². The zero-order valence-electron chi connectivity index (χ0n) is 2.34. The third-order valence-corrected chi connectivity index (χ3v) is 0. The first-order chi connectivity index (χ1) is 2.00. The molecule has 0 N–H and O–H groups in total. The van der Waals surface area contributed by atoms with Gasteiger partial charge in [-0.15, -0.1) is 0 Å². The minimum Gasteiger partial charge on any atom is 4.00 e. The van der Waals surface area contributed by atoms with Crippen molar-refractivity contribution < 1.29 is 48.4 Å². The summed E-state index contributed by atoms with van der Waals surface area (Å²) >= 11 is -5.86. The summed E-state index contributed by atoms with van der Waals surface area (Å²) in [5.41, 5.74) is 0. The minimum absolute atomic E-state index is 0. The van der Waals surface area contributed by atoms with Crippen LogP contribution in [-0.4, -0.2) is 0 Å². The normalized spacial score (nSPS) is 9.33. The van der Waals surface area contributed by atoms with E-state index < -0.39 is 14.6 Å². The van der Waals surface area contributed by atoms with E-state index in [1.54, 1.807) is 0 Å². The van der Waals surface area contributed by atoms with Gasteiger partial charge in [0.15, 0.2) is 0 Å². The Balaban J connectivity index is 0. The fraction of sp³-hybridized carbons (Fsp3) is 0. The Morgan fingerprint density at radius 1 is 0.833 bits per heavy atom. The molecule has 0 unspecified atom stereocenters. The van der Waals surface area contributed by atoms with Crippen molar-refractivity contribution in [2.75, 3.05) is 0 Å². The van der Waals surface area contributed by atoms with Crippen LogP contribution < -0.4 is 0 Å². The fourth-order valence-corrected chi connectivity index (χ4v) is 0. The molecule has 6 heteroatoms. The van der Waals surface area contributed by atoms with Crippen LogP contribution in [0.15, 0.2) is 0 Å². The molecule has 0 bridgehead atoms. The summed E-state index contributed by atoms with van der Waals surface area (Å²) in [6.45, 7) is 0. The molecule has 0 heterocycles. The number of hydrogen-bond acceptors (Lipinski definition) is 4. The first-order valence-electron chi connectivity index (χ1n) is 0.577. The third-order valence-electron chi connectivity index (χ3n) is 0. The van der Waals surface area contributed by atoms with Crippen molar-refractivity contribution in [1.82, 2.24) is 0 Å². The molecule has 0 fully saturated rings. The van der Waals surface area contributed by atoms with Gasteiger partial charge in [-0.1, -0.05) is 0 Å². The Hall–Kier alpha value is 0.447. The van der Waals surface area contributed by atoms with Gasteiger partial charge in [0.1, 0.15) is 0 Å². The second-order valence-corrected chi connectivity index (χ2v) is 2.09. The van der Waals surface area contributed by atoms with E-state index in [0.717, 1.165) is 0 Å². The quantitative estimate of drug-likeness (QED) is 0.555. The summed E-state index contributed by atoms with van der Waals surface area (Å²) < 4.78 is 34.4. The van der Waals surface area contributed by atoms with Gasteiger partial charge < -0.3 is 0 Å². The topological polar surface area (TPSA) is 68.3 Å². The summed E-state index contributed by atoms with van der Waals surface area (Å²) in [5, 5.41) is 0. The monoisotopic (exact) mass is 268 g/mol. The van der Waals surface area contributed by atoms with Crippen molar-refractivity contribution in [3.8, 4) is 0 Å². The summed E-state index contributed by atoms with van der Waals surface area (Å²) in [6, 6.07) is 0. The molecule has 0 amide bonds. The summed E-state index contributed by atoms with van der Waals surface area (Å²) in [5.74, 6) is 0. The summed E-state index contributed by atoms with van der Waals surface area (Å²) in [6.07, 6.45) is 0. The van der Waals surface area contributed by atoms with Crippen LogP contribution in [0.25, 0.3) is 0 Å². The van der Waals surface area contributed by atoms with Gasteiger partial charge in [0, 0.05) is 0 Å². The van der Waals surface area contributed by atoms with Crippen molar-refractivity contribution >= 4 is 0 Å². The fourth-order valence-electron chi connectivity index (χ4n) is 0. The molecule has 0 saturated carbocycles. The van der Waals surface area contributed by atoms with Crippen molar-refractivity contribution in [3.05, 3.63) is 0 Å².